The Balaban J connectivity index is 1.76. The van der Waals surface area contributed by atoms with E-state index in [1.54, 1.807) is 21.3 Å². The van der Waals surface area contributed by atoms with Gasteiger partial charge in [-0.2, -0.15) is 0 Å². The Bertz CT molecular complexity index is 733. The molecule has 1 atom stereocenters. The fraction of sp³-hybridized carbons (Fsp3) is 0.381. The molecular weight excluding hydrogens is 362 g/mol. The van der Waals surface area contributed by atoms with Crippen LogP contribution in [0.1, 0.15) is 18.9 Å². The zero-order chi connectivity index (χ0) is 19.6. The summed E-state index contributed by atoms with van der Waals surface area (Å²) in [6.45, 7) is 2.56. The Hall–Kier alpha value is -2.34. The van der Waals surface area contributed by atoms with E-state index in [0.29, 0.717) is 18.0 Å². The third kappa shape index (κ3) is 6.40. The molecule has 0 spiro atoms. The van der Waals surface area contributed by atoms with Crippen molar-refractivity contribution in [3.63, 3.8) is 0 Å². The van der Waals surface area contributed by atoms with Crippen LogP contribution >= 0.6 is 11.8 Å². The monoisotopic (exact) mass is 389 g/mol. The van der Waals surface area contributed by atoms with E-state index in [2.05, 4.69) is 17.4 Å². The Labute approximate surface area is 165 Å². The molecule has 1 amide bonds. The molecule has 5 nitrogen and oxygen atoms in total. The van der Waals surface area contributed by atoms with Crippen LogP contribution in [0, 0.1) is 0 Å². The smallest absolute Gasteiger partial charge is 0.233 e. The van der Waals surface area contributed by atoms with Crippen molar-refractivity contribution in [1.29, 1.82) is 0 Å². The van der Waals surface area contributed by atoms with Crippen LogP contribution < -0.4 is 19.5 Å². The Morgan fingerprint density at radius 2 is 1.70 bits per heavy atom. The van der Waals surface area contributed by atoms with Crippen molar-refractivity contribution in [2.24, 2.45) is 0 Å². The number of nitrogens with one attached hydrogen (secondary N) is 1. The number of benzene rings is 2. The molecule has 0 unspecified atom stereocenters. The lowest BCUT2D eigenvalue weighted by Crippen LogP contribution is -2.31. The van der Waals surface area contributed by atoms with Crippen LogP contribution in [0.25, 0.3) is 0 Å². The van der Waals surface area contributed by atoms with E-state index >= 15 is 0 Å². The summed E-state index contributed by atoms with van der Waals surface area (Å²) in [7, 11) is 4.86. The van der Waals surface area contributed by atoms with E-state index in [1.807, 2.05) is 37.3 Å². The van der Waals surface area contributed by atoms with Crippen LogP contribution in [-0.2, 0) is 11.2 Å². The van der Waals surface area contributed by atoms with Crippen LogP contribution in [0.4, 0.5) is 0 Å². The number of hydrogen-bond acceptors (Lipinski definition) is 5. The molecule has 2 rings (SSSR count). The van der Waals surface area contributed by atoms with E-state index in [1.165, 1.54) is 17.3 Å². The van der Waals surface area contributed by atoms with Gasteiger partial charge in [0.1, 0.15) is 5.75 Å². The quantitative estimate of drug-likeness (QED) is 0.493. The van der Waals surface area contributed by atoms with Gasteiger partial charge >= 0.3 is 0 Å². The normalized spacial score (nSPS) is 11.6. The molecular formula is C21H27NO4S. The van der Waals surface area contributed by atoms with Crippen LogP contribution in [0.2, 0.25) is 0 Å². The standard InChI is InChI=1S/C21H27NO4S/c1-15(27-18-11-12-19(25-3)20(14-18)26-4)21(23)22-13-5-6-16-7-9-17(24-2)10-8-16/h7-12,14-15H,5-6,13H2,1-4H3,(H,22,23)/t15-/m1/s1. The molecule has 0 bridgehead atoms. The first kappa shape index (κ1) is 21.0. The first-order valence-electron chi connectivity index (χ1n) is 8.86. The first-order valence-corrected chi connectivity index (χ1v) is 9.74. The summed E-state index contributed by atoms with van der Waals surface area (Å²) in [5.74, 6) is 2.23. The minimum absolute atomic E-state index is 0.0320. The van der Waals surface area contributed by atoms with Gasteiger partial charge < -0.3 is 19.5 Å². The molecule has 0 saturated carbocycles. The lowest BCUT2D eigenvalue weighted by molar-refractivity contribution is -0.120. The van der Waals surface area contributed by atoms with Crippen molar-refractivity contribution in [1.82, 2.24) is 5.32 Å². The summed E-state index contributed by atoms with van der Waals surface area (Å²) in [4.78, 5) is 13.3. The lowest BCUT2D eigenvalue weighted by Gasteiger charge is -2.14. The molecule has 0 saturated heterocycles. The number of carbonyl (C=O) groups excluding carboxylic acids is 1. The Kier molecular flexibility index (Phi) is 8.33. The largest absolute Gasteiger partial charge is 0.497 e. The fourth-order valence-corrected chi connectivity index (χ4v) is 3.51. The highest BCUT2D eigenvalue weighted by molar-refractivity contribution is 8.00. The van der Waals surface area contributed by atoms with Gasteiger partial charge in [0.2, 0.25) is 5.91 Å². The third-order valence-electron chi connectivity index (χ3n) is 4.14. The molecule has 0 radical (unpaired) electrons. The van der Waals surface area contributed by atoms with E-state index in [-0.39, 0.29) is 11.2 Å². The van der Waals surface area contributed by atoms with Gasteiger partial charge in [0.15, 0.2) is 11.5 Å². The number of amides is 1. The molecule has 0 fully saturated rings. The molecule has 0 heterocycles. The number of hydrogen-bond donors (Lipinski definition) is 1. The topological polar surface area (TPSA) is 56.8 Å². The number of aryl methyl sites for hydroxylation is 1. The van der Waals surface area contributed by atoms with E-state index in [0.717, 1.165) is 23.5 Å². The van der Waals surface area contributed by atoms with Gasteiger partial charge in [0, 0.05) is 11.4 Å². The van der Waals surface area contributed by atoms with Crippen LogP contribution in [-0.4, -0.2) is 39.0 Å². The first-order chi connectivity index (χ1) is 13.1. The van der Waals surface area contributed by atoms with Crippen LogP contribution in [0.5, 0.6) is 17.2 Å². The van der Waals surface area contributed by atoms with Gasteiger partial charge in [0.05, 0.1) is 26.6 Å². The summed E-state index contributed by atoms with van der Waals surface area (Å²) in [6, 6.07) is 13.7. The van der Waals surface area contributed by atoms with Gasteiger partial charge in [-0.25, -0.2) is 0 Å². The number of methoxy groups -OCH3 is 3. The van der Waals surface area contributed by atoms with Gasteiger partial charge in [-0.15, -0.1) is 11.8 Å². The van der Waals surface area contributed by atoms with Crippen molar-refractivity contribution in [3.8, 4) is 17.2 Å². The number of carbonyl (C=O) groups is 1. The second-order valence-electron chi connectivity index (χ2n) is 6.02. The predicted octanol–water partition coefficient (Wildman–Crippen LogP) is 3.94. The fourth-order valence-electron chi connectivity index (χ4n) is 2.59. The molecule has 0 aromatic heterocycles. The predicted molar refractivity (Wildman–Crippen MR) is 109 cm³/mol. The van der Waals surface area contributed by atoms with Crippen LogP contribution in [0.3, 0.4) is 0 Å². The maximum absolute atomic E-state index is 12.3. The highest BCUT2D eigenvalue weighted by atomic mass is 32.2. The molecule has 0 aliphatic rings. The summed E-state index contributed by atoms with van der Waals surface area (Å²) in [5, 5.41) is 2.82. The van der Waals surface area contributed by atoms with Gasteiger partial charge in [-0.05, 0) is 55.7 Å². The highest BCUT2D eigenvalue weighted by Crippen LogP contribution is 2.33. The van der Waals surface area contributed by atoms with Crippen molar-refractivity contribution in [3.05, 3.63) is 48.0 Å². The average Bonchev–Trinajstić information content (AvgIpc) is 2.71. The molecule has 1 N–H and O–H groups in total. The zero-order valence-electron chi connectivity index (χ0n) is 16.3. The highest BCUT2D eigenvalue weighted by Gasteiger charge is 2.15. The molecule has 2 aromatic carbocycles. The lowest BCUT2D eigenvalue weighted by atomic mass is 10.1. The van der Waals surface area contributed by atoms with Crippen molar-refractivity contribution >= 4 is 17.7 Å². The maximum Gasteiger partial charge on any atom is 0.233 e. The van der Waals surface area contributed by atoms with E-state index in [9.17, 15) is 4.79 Å². The minimum Gasteiger partial charge on any atom is -0.497 e. The van der Waals surface area contributed by atoms with E-state index < -0.39 is 0 Å². The molecule has 27 heavy (non-hydrogen) atoms. The molecule has 146 valence electrons. The summed E-state index contributed by atoms with van der Waals surface area (Å²) < 4.78 is 15.7. The minimum atomic E-state index is -0.191. The van der Waals surface area contributed by atoms with Crippen molar-refractivity contribution in [2.75, 3.05) is 27.9 Å². The van der Waals surface area contributed by atoms with Crippen molar-refractivity contribution < 1.29 is 19.0 Å². The second-order valence-corrected chi connectivity index (χ2v) is 7.43. The third-order valence-corrected chi connectivity index (χ3v) is 5.23. The number of thioether (sulfide) groups is 1. The molecule has 0 aliphatic carbocycles. The Morgan fingerprint density at radius 3 is 2.33 bits per heavy atom. The molecule has 2 aromatic rings. The zero-order valence-corrected chi connectivity index (χ0v) is 17.1. The SMILES string of the molecule is COc1ccc(CCCNC(=O)[C@@H](C)Sc2ccc(OC)c(OC)c2)cc1. The molecule has 0 aliphatic heterocycles. The van der Waals surface area contributed by atoms with Crippen LogP contribution in [0.15, 0.2) is 47.4 Å². The van der Waals surface area contributed by atoms with Gasteiger partial charge in [-0.1, -0.05) is 12.1 Å². The average molecular weight is 390 g/mol. The van der Waals surface area contributed by atoms with Gasteiger partial charge in [-0.3, -0.25) is 4.79 Å². The maximum atomic E-state index is 12.3. The number of ether oxygens (including phenoxy) is 3. The summed E-state index contributed by atoms with van der Waals surface area (Å²) in [6.07, 6.45) is 1.81. The summed E-state index contributed by atoms with van der Waals surface area (Å²) >= 11 is 1.50. The second kappa shape index (κ2) is 10.7. The van der Waals surface area contributed by atoms with E-state index in [4.69, 9.17) is 14.2 Å². The molecule has 6 heteroatoms. The number of rotatable bonds is 10. The summed E-state index contributed by atoms with van der Waals surface area (Å²) in [5.41, 5.74) is 1.23. The Morgan fingerprint density at radius 1 is 1.00 bits per heavy atom. The van der Waals surface area contributed by atoms with Gasteiger partial charge in [0.25, 0.3) is 0 Å². The van der Waals surface area contributed by atoms with Crippen molar-refractivity contribution in [2.45, 2.75) is 29.9 Å².